The third-order valence-electron chi connectivity index (χ3n) is 4.27. The smallest absolute Gasteiger partial charge is 0.356 e. The molecule has 0 saturated carbocycles. The highest BCUT2D eigenvalue weighted by Crippen LogP contribution is 2.49. The molecule has 27 heavy (non-hydrogen) atoms. The Hall–Kier alpha value is -1.49. The molecule has 0 unspecified atom stereocenters. The first-order valence-electron chi connectivity index (χ1n) is 9.16. The lowest BCUT2D eigenvalue weighted by Gasteiger charge is -2.23. The maximum absolute atomic E-state index is 13.2. The minimum atomic E-state index is -3.39. The van der Waals surface area contributed by atoms with Gasteiger partial charge in [0.2, 0.25) is 0 Å². The van der Waals surface area contributed by atoms with Gasteiger partial charge in [0, 0.05) is 6.61 Å². The monoisotopic (exact) mass is 391 g/mol. The van der Waals surface area contributed by atoms with Crippen molar-refractivity contribution in [2.75, 3.05) is 19.5 Å². The molecule has 0 saturated heterocycles. The lowest BCUT2D eigenvalue weighted by Crippen LogP contribution is -2.25. The lowest BCUT2D eigenvalue weighted by atomic mass is 9.90. The molecule has 0 aliphatic rings. The topological polar surface area (TPSA) is 70.8 Å². The van der Waals surface area contributed by atoms with E-state index in [0.29, 0.717) is 13.2 Å². The van der Waals surface area contributed by atoms with Gasteiger partial charge in [-0.3, -0.25) is 4.57 Å². The van der Waals surface area contributed by atoms with E-state index >= 15 is 0 Å². The highest BCUT2D eigenvalue weighted by molar-refractivity contribution is 7.53. The Morgan fingerprint density at radius 2 is 1.37 bits per heavy atom. The van der Waals surface area contributed by atoms with E-state index in [4.69, 9.17) is 19.5 Å². The fourth-order valence-electron chi connectivity index (χ4n) is 2.23. The van der Waals surface area contributed by atoms with Crippen LogP contribution >= 0.6 is 7.60 Å². The number of hydrogen-bond acceptors (Lipinski definition) is 5. The van der Waals surface area contributed by atoms with E-state index in [1.54, 1.807) is 0 Å². The Morgan fingerprint density at radius 1 is 0.889 bits per heavy atom. The van der Waals surface area contributed by atoms with Crippen molar-refractivity contribution >= 4 is 7.60 Å². The molecule has 2 aromatic rings. The summed E-state index contributed by atoms with van der Waals surface area (Å²) in [6, 6.07) is 19.2. The number of hydrogen-bond donors (Lipinski definition) is 1. The Morgan fingerprint density at radius 3 is 1.81 bits per heavy atom. The summed E-state index contributed by atoms with van der Waals surface area (Å²) in [6.07, 6.45) is 0.703. The average Bonchev–Trinajstić information content (AvgIpc) is 2.70. The molecule has 2 aromatic carbocycles. The van der Waals surface area contributed by atoms with Gasteiger partial charge in [-0.1, -0.05) is 74.5 Å². The summed E-state index contributed by atoms with van der Waals surface area (Å²) < 4.78 is 30.2. The van der Waals surface area contributed by atoms with Gasteiger partial charge in [-0.05, 0) is 29.5 Å². The molecule has 148 valence electrons. The molecule has 5 nitrogen and oxygen atoms in total. The van der Waals surface area contributed by atoms with Crippen LogP contribution in [0.4, 0.5) is 0 Å². The molecule has 6 heteroatoms. The maximum atomic E-state index is 13.2. The summed E-state index contributed by atoms with van der Waals surface area (Å²) in [5.74, 6) is 0. The molecule has 0 bridgehead atoms. The van der Waals surface area contributed by atoms with Crippen molar-refractivity contribution in [3.05, 3.63) is 71.8 Å². The van der Waals surface area contributed by atoms with E-state index in [-0.39, 0.29) is 25.0 Å². The van der Waals surface area contributed by atoms with Crippen molar-refractivity contribution in [1.29, 1.82) is 0 Å². The predicted octanol–water partition coefficient (Wildman–Crippen LogP) is 4.96. The molecular weight excluding hydrogens is 361 g/mol. The minimum absolute atomic E-state index is 0.0141. The highest BCUT2D eigenvalue weighted by atomic mass is 31.2. The van der Waals surface area contributed by atoms with E-state index in [2.05, 4.69) is 13.8 Å². The van der Waals surface area contributed by atoms with Crippen molar-refractivity contribution < 1.29 is 18.3 Å². The lowest BCUT2D eigenvalue weighted by molar-refractivity contribution is 0.104. The second kappa shape index (κ2) is 10.7. The Balaban J connectivity index is 1.92. The van der Waals surface area contributed by atoms with Crippen LogP contribution in [0.1, 0.15) is 31.4 Å². The van der Waals surface area contributed by atoms with Gasteiger partial charge in [0.1, 0.15) is 6.35 Å². The molecule has 0 aliphatic carbocycles. The van der Waals surface area contributed by atoms with Crippen LogP contribution in [-0.4, -0.2) is 19.5 Å². The Bertz CT molecular complexity index is 659. The number of nitrogens with two attached hydrogens (primary N) is 1. The molecule has 2 rings (SSSR count). The van der Waals surface area contributed by atoms with Gasteiger partial charge in [-0.2, -0.15) is 0 Å². The van der Waals surface area contributed by atoms with Crippen molar-refractivity contribution in [3.8, 4) is 0 Å². The van der Waals surface area contributed by atoms with Gasteiger partial charge >= 0.3 is 7.60 Å². The van der Waals surface area contributed by atoms with E-state index in [1.807, 2.05) is 60.7 Å². The predicted molar refractivity (Wildman–Crippen MR) is 108 cm³/mol. The maximum Gasteiger partial charge on any atom is 0.356 e. The quantitative estimate of drug-likeness (QED) is 0.409. The summed E-state index contributed by atoms with van der Waals surface area (Å²) in [6.45, 7) is 5.61. The van der Waals surface area contributed by atoms with Gasteiger partial charge in [0.05, 0.1) is 13.2 Å². The fourth-order valence-corrected chi connectivity index (χ4v) is 3.50. The second-order valence-corrected chi connectivity index (χ2v) is 9.28. The highest BCUT2D eigenvalue weighted by Gasteiger charge is 2.26. The van der Waals surface area contributed by atoms with Crippen LogP contribution in [0.2, 0.25) is 0 Å². The summed E-state index contributed by atoms with van der Waals surface area (Å²) >= 11 is 0. The van der Waals surface area contributed by atoms with E-state index < -0.39 is 7.60 Å². The van der Waals surface area contributed by atoms with Gasteiger partial charge in [-0.15, -0.1) is 0 Å². The molecule has 0 aliphatic heterocycles. The molecule has 0 radical (unpaired) electrons. The third kappa shape index (κ3) is 8.37. The first-order chi connectivity index (χ1) is 12.9. The van der Waals surface area contributed by atoms with Crippen LogP contribution in [0.15, 0.2) is 60.7 Å². The van der Waals surface area contributed by atoms with Gasteiger partial charge in [0.15, 0.2) is 0 Å². The van der Waals surface area contributed by atoms with Crippen molar-refractivity contribution in [2.24, 2.45) is 11.1 Å². The van der Waals surface area contributed by atoms with Crippen LogP contribution in [0, 0.1) is 5.41 Å². The first kappa shape index (κ1) is 21.8. The zero-order valence-corrected chi connectivity index (χ0v) is 17.1. The molecule has 0 aromatic heterocycles. The van der Waals surface area contributed by atoms with Crippen LogP contribution in [-0.2, 0) is 31.6 Å². The van der Waals surface area contributed by atoms with E-state index in [1.165, 1.54) is 0 Å². The Kier molecular flexibility index (Phi) is 8.68. The molecule has 2 N–H and O–H groups in total. The molecule has 0 spiro atoms. The van der Waals surface area contributed by atoms with Crippen molar-refractivity contribution in [1.82, 2.24) is 0 Å². The number of rotatable bonds is 12. The number of benzene rings is 2. The minimum Gasteiger partial charge on any atom is -0.369 e. The van der Waals surface area contributed by atoms with Crippen molar-refractivity contribution in [3.63, 3.8) is 0 Å². The first-order valence-corrected chi connectivity index (χ1v) is 10.9. The van der Waals surface area contributed by atoms with Crippen LogP contribution in [0.5, 0.6) is 0 Å². The summed E-state index contributed by atoms with van der Waals surface area (Å²) in [5, 5.41) is 0. The van der Waals surface area contributed by atoms with Crippen molar-refractivity contribution in [2.45, 2.75) is 33.5 Å². The molecule has 0 amide bonds. The van der Waals surface area contributed by atoms with Gasteiger partial charge in [-0.25, -0.2) is 0 Å². The second-order valence-electron chi connectivity index (χ2n) is 7.28. The zero-order chi connectivity index (χ0) is 19.6. The zero-order valence-electron chi connectivity index (χ0n) is 16.2. The molecule has 0 heterocycles. The summed E-state index contributed by atoms with van der Waals surface area (Å²) in [7, 11) is -3.39. The normalized spacial score (nSPS) is 12.3. The SMILES string of the molecule is CC(C)(CN)CCOCP(=O)(OCc1ccccc1)OCc1ccccc1. The molecule has 0 atom stereocenters. The van der Waals surface area contributed by atoms with E-state index in [9.17, 15) is 4.57 Å². The third-order valence-corrected chi connectivity index (χ3v) is 5.81. The fraction of sp³-hybridized carbons (Fsp3) is 0.429. The average molecular weight is 391 g/mol. The van der Waals surface area contributed by atoms with Crippen LogP contribution < -0.4 is 5.73 Å². The van der Waals surface area contributed by atoms with Crippen LogP contribution in [0.3, 0.4) is 0 Å². The molecular formula is C21H30NO4P. The van der Waals surface area contributed by atoms with Gasteiger partial charge < -0.3 is 19.5 Å². The largest absolute Gasteiger partial charge is 0.369 e. The van der Waals surface area contributed by atoms with E-state index in [0.717, 1.165) is 17.5 Å². The van der Waals surface area contributed by atoms with Gasteiger partial charge in [0.25, 0.3) is 0 Å². The standard InChI is InChI=1S/C21H30NO4P/c1-21(2,17-22)13-14-24-18-27(23,25-15-19-9-5-3-6-10-19)26-16-20-11-7-4-8-12-20/h3-12H,13-18,22H2,1-2H3. The molecule has 0 fully saturated rings. The summed E-state index contributed by atoms with van der Waals surface area (Å²) in [5.41, 5.74) is 7.60. The van der Waals surface area contributed by atoms with Crippen LogP contribution in [0.25, 0.3) is 0 Å². The Labute approximate surface area is 162 Å². The summed E-state index contributed by atoms with van der Waals surface area (Å²) in [4.78, 5) is 0. The number of ether oxygens (including phenoxy) is 1.